The van der Waals surface area contributed by atoms with Crippen LogP contribution in [0.1, 0.15) is 37.7 Å². The Morgan fingerprint density at radius 3 is 2.68 bits per heavy atom. The molecule has 1 fully saturated rings. The van der Waals surface area contributed by atoms with Crippen LogP contribution in [-0.2, 0) is 16.4 Å². The van der Waals surface area contributed by atoms with Crippen LogP contribution < -0.4 is 20.5 Å². The van der Waals surface area contributed by atoms with E-state index < -0.39 is 10.0 Å². The molecule has 1 unspecified atom stereocenters. The highest BCUT2D eigenvalue weighted by atomic mass is 32.2. The average Bonchev–Trinajstić information content (AvgIpc) is 2.75. The number of nitrogens with one attached hydrogen (secondary N) is 3. The number of nitrogens with two attached hydrogens (primary N) is 1. The summed E-state index contributed by atoms with van der Waals surface area (Å²) in [6, 6.07) is 14.1. The van der Waals surface area contributed by atoms with Gasteiger partial charge in [0.15, 0.2) is 0 Å². The molecule has 8 heteroatoms. The Bertz CT molecular complexity index is 955. The summed E-state index contributed by atoms with van der Waals surface area (Å²) in [4.78, 5) is 0.0968. The van der Waals surface area contributed by atoms with Gasteiger partial charge in [0, 0.05) is 12.1 Å². The fourth-order valence-corrected chi connectivity index (χ4v) is 4.77. The van der Waals surface area contributed by atoms with E-state index in [9.17, 15) is 8.42 Å². The zero-order valence-electron chi connectivity index (χ0n) is 17.8. The molecular formula is C23H32N4O3S. The number of piperidine rings is 1. The van der Waals surface area contributed by atoms with E-state index in [1.54, 1.807) is 0 Å². The lowest BCUT2D eigenvalue weighted by molar-refractivity contribution is 0.300. The predicted octanol–water partition coefficient (Wildman–Crippen LogP) is 3.32. The van der Waals surface area contributed by atoms with Crippen LogP contribution in [0.4, 0.5) is 5.69 Å². The Kier molecular flexibility index (Phi) is 8.31. The first kappa shape index (κ1) is 23.1. The van der Waals surface area contributed by atoms with Crippen molar-refractivity contribution in [1.82, 2.24) is 10.0 Å². The smallest absolute Gasteiger partial charge is 0.262 e. The summed E-state index contributed by atoms with van der Waals surface area (Å²) in [6.45, 7) is 2.71. The van der Waals surface area contributed by atoms with E-state index in [0.717, 1.165) is 31.7 Å². The van der Waals surface area contributed by atoms with Gasteiger partial charge in [-0.2, -0.15) is 0 Å². The van der Waals surface area contributed by atoms with Crippen molar-refractivity contribution >= 4 is 21.5 Å². The summed E-state index contributed by atoms with van der Waals surface area (Å²) >= 11 is 0. The number of benzene rings is 2. The molecule has 1 heterocycles. The second-order valence-corrected chi connectivity index (χ2v) is 9.67. The third kappa shape index (κ3) is 7.25. The van der Waals surface area contributed by atoms with Crippen molar-refractivity contribution in [3.8, 4) is 5.75 Å². The Hall–Kier alpha value is -2.58. The van der Waals surface area contributed by atoms with Crippen LogP contribution >= 0.6 is 0 Å². The Balaban J connectivity index is 1.40. The quantitative estimate of drug-likeness (QED) is 0.194. The fraction of sp³-hybridized carbons (Fsp3) is 0.435. The summed E-state index contributed by atoms with van der Waals surface area (Å²) < 4.78 is 32.9. The normalized spacial score (nSPS) is 16.6. The molecule has 168 valence electrons. The minimum atomic E-state index is -3.75. The van der Waals surface area contributed by atoms with Gasteiger partial charge in [0.05, 0.1) is 11.5 Å². The van der Waals surface area contributed by atoms with Gasteiger partial charge in [-0.3, -0.25) is 10.1 Å². The van der Waals surface area contributed by atoms with Crippen LogP contribution in [0.5, 0.6) is 5.75 Å². The summed E-state index contributed by atoms with van der Waals surface area (Å²) in [5, 5.41) is 11.4. The maximum atomic E-state index is 12.3. The molecular weight excluding hydrogens is 412 g/mol. The number of rotatable bonds is 10. The van der Waals surface area contributed by atoms with Gasteiger partial charge in [0.1, 0.15) is 11.6 Å². The van der Waals surface area contributed by atoms with Gasteiger partial charge in [0.2, 0.25) is 0 Å². The number of anilines is 1. The molecule has 0 bridgehead atoms. The van der Waals surface area contributed by atoms with E-state index in [0.29, 0.717) is 31.1 Å². The third-order valence-electron chi connectivity index (χ3n) is 5.41. The number of para-hydroxylation sites is 1. The highest BCUT2D eigenvalue weighted by Crippen LogP contribution is 2.24. The monoisotopic (exact) mass is 444 g/mol. The topological polar surface area (TPSA) is 117 Å². The standard InChI is InChI=1S/C23H32N4O3S/c24-20-10-12-21(13-11-20)31(28,29)27-23(25)9-3-4-15-30-22-8-2-1-7-19(22)16-18-6-5-14-26-17-18/h1-2,7-8,10-13,18,26H,3-6,9,14-17,24H2,(H2,25,27). The van der Waals surface area contributed by atoms with Crippen molar-refractivity contribution in [2.24, 2.45) is 5.92 Å². The zero-order valence-corrected chi connectivity index (χ0v) is 18.6. The van der Waals surface area contributed by atoms with E-state index >= 15 is 0 Å². The van der Waals surface area contributed by atoms with Crippen molar-refractivity contribution in [2.45, 2.75) is 43.4 Å². The summed E-state index contributed by atoms with van der Waals surface area (Å²) in [6.07, 6.45) is 5.23. The van der Waals surface area contributed by atoms with Crippen molar-refractivity contribution in [1.29, 1.82) is 5.41 Å². The molecule has 1 aliphatic heterocycles. The number of sulfonamides is 1. The van der Waals surface area contributed by atoms with Crippen molar-refractivity contribution in [3.63, 3.8) is 0 Å². The maximum Gasteiger partial charge on any atom is 0.262 e. The van der Waals surface area contributed by atoms with E-state index in [1.165, 1.54) is 42.7 Å². The first-order chi connectivity index (χ1) is 14.9. The molecule has 0 saturated carbocycles. The van der Waals surface area contributed by atoms with E-state index in [-0.39, 0.29) is 10.7 Å². The number of nitrogen functional groups attached to an aromatic ring is 1. The van der Waals surface area contributed by atoms with E-state index in [1.807, 2.05) is 18.2 Å². The molecule has 5 N–H and O–H groups in total. The highest BCUT2D eigenvalue weighted by Gasteiger charge is 2.16. The fourth-order valence-electron chi connectivity index (χ4n) is 3.73. The highest BCUT2D eigenvalue weighted by molar-refractivity contribution is 7.90. The molecule has 1 atom stereocenters. The molecule has 1 saturated heterocycles. The number of hydrogen-bond donors (Lipinski definition) is 4. The van der Waals surface area contributed by atoms with Gasteiger partial charge in [0.25, 0.3) is 10.0 Å². The van der Waals surface area contributed by atoms with Gasteiger partial charge in [-0.25, -0.2) is 8.42 Å². The molecule has 0 aliphatic carbocycles. The molecule has 0 amide bonds. The molecule has 0 radical (unpaired) electrons. The molecule has 7 nitrogen and oxygen atoms in total. The maximum absolute atomic E-state index is 12.3. The van der Waals surface area contributed by atoms with Gasteiger partial charge >= 0.3 is 0 Å². The lowest BCUT2D eigenvalue weighted by Gasteiger charge is -2.23. The molecule has 0 spiro atoms. The number of ether oxygens (including phenoxy) is 1. The van der Waals surface area contributed by atoms with Crippen LogP contribution in [0.2, 0.25) is 0 Å². The van der Waals surface area contributed by atoms with E-state index in [4.69, 9.17) is 15.9 Å². The van der Waals surface area contributed by atoms with Crippen LogP contribution in [-0.4, -0.2) is 33.9 Å². The number of amidine groups is 1. The Morgan fingerprint density at radius 2 is 1.94 bits per heavy atom. The van der Waals surface area contributed by atoms with E-state index in [2.05, 4.69) is 16.1 Å². The van der Waals surface area contributed by atoms with Crippen molar-refractivity contribution < 1.29 is 13.2 Å². The second-order valence-electron chi connectivity index (χ2n) is 7.98. The molecule has 3 rings (SSSR count). The average molecular weight is 445 g/mol. The molecule has 0 aromatic heterocycles. The molecule has 2 aromatic carbocycles. The van der Waals surface area contributed by atoms with Crippen LogP contribution in [0.15, 0.2) is 53.4 Å². The lowest BCUT2D eigenvalue weighted by atomic mass is 9.92. The Morgan fingerprint density at radius 1 is 1.16 bits per heavy atom. The minimum Gasteiger partial charge on any atom is -0.493 e. The van der Waals surface area contributed by atoms with Crippen molar-refractivity contribution in [3.05, 3.63) is 54.1 Å². The molecule has 2 aromatic rings. The first-order valence-corrected chi connectivity index (χ1v) is 12.3. The number of hydrogen-bond acceptors (Lipinski definition) is 6. The van der Waals surface area contributed by atoms with Crippen LogP contribution in [0.3, 0.4) is 0 Å². The van der Waals surface area contributed by atoms with Gasteiger partial charge < -0.3 is 15.8 Å². The third-order valence-corrected chi connectivity index (χ3v) is 6.81. The largest absolute Gasteiger partial charge is 0.493 e. The van der Waals surface area contributed by atoms with Gasteiger partial charge in [-0.15, -0.1) is 0 Å². The predicted molar refractivity (Wildman–Crippen MR) is 124 cm³/mol. The minimum absolute atomic E-state index is 0.0259. The first-order valence-electron chi connectivity index (χ1n) is 10.8. The lowest BCUT2D eigenvalue weighted by Crippen LogP contribution is -2.30. The Labute approximate surface area is 184 Å². The summed E-state index contributed by atoms with van der Waals surface area (Å²) in [5.74, 6) is 1.54. The van der Waals surface area contributed by atoms with Gasteiger partial charge in [-0.05, 0) is 87.0 Å². The number of unbranched alkanes of at least 4 members (excludes halogenated alkanes) is 1. The zero-order chi connectivity index (χ0) is 22.1. The SMILES string of the molecule is N=C(CCCCOc1ccccc1CC1CCCNC1)NS(=O)(=O)c1ccc(N)cc1. The van der Waals surface area contributed by atoms with Gasteiger partial charge in [-0.1, -0.05) is 18.2 Å². The summed E-state index contributed by atoms with van der Waals surface area (Å²) in [5.41, 5.74) is 7.32. The molecule has 1 aliphatic rings. The second kappa shape index (κ2) is 11.2. The summed E-state index contributed by atoms with van der Waals surface area (Å²) in [7, 11) is -3.75. The molecule has 31 heavy (non-hydrogen) atoms. The van der Waals surface area contributed by atoms with Crippen LogP contribution in [0.25, 0.3) is 0 Å². The van der Waals surface area contributed by atoms with Crippen LogP contribution in [0, 0.1) is 11.3 Å². The van der Waals surface area contributed by atoms with Crippen molar-refractivity contribution in [2.75, 3.05) is 25.4 Å².